The number of rotatable bonds is 3. The topological polar surface area (TPSA) is 73.4 Å². The van der Waals surface area contributed by atoms with E-state index in [-0.39, 0.29) is 12.1 Å². The van der Waals surface area contributed by atoms with Crippen molar-refractivity contribution in [1.29, 1.82) is 0 Å². The standard InChI is InChI=1S/C16H28N4O2/c1-12-13(7-8-17)10-18-20(12)14-6-5-9-19(11-14)15(21)22-16(2,3)4/h10,14H,5-9,11,17H2,1-4H3. The van der Waals surface area contributed by atoms with Crippen LogP contribution in [0, 0.1) is 6.92 Å². The number of aromatic nitrogens is 2. The molecule has 1 aliphatic rings. The van der Waals surface area contributed by atoms with Crippen LogP contribution in [0.1, 0.15) is 50.9 Å². The van der Waals surface area contributed by atoms with E-state index in [0.29, 0.717) is 13.1 Å². The maximum atomic E-state index is 12.2. The van der Waals surface area contributed by atoms with Crippen LogP contribution in [0.15, 0.2) is 6.20 Å². The highest BCUT2D eigenvalue weighted by Crippen LogP contribution is 2.25. The lowest BCUT2D eigenvalue weighted by Crippen LogP contribution is -2.43. The van der Waals surface area contributed by atoms with Crippen molar-refractivity contribution in [2.75, 3.05) is 19.6 Å². The first-order valence-corrected chi connectivity index (χ1v) is 8.03. The average Bonchev–Trinajstić information content (AvgIpc) is 2.79. The average molecular weight is 308 g/mol. The molecule has 1 aliphatic heterocycles. The molecule has 0 bridgehead atoms. The van der Waals surface area contributed by atoms with E-state index in [4.69, 9.17) is 10.5 Å². The number of nitrogens with zero attached hydrogens (tertiary/aromatic N) is 3. The van der Waals surface area contributed by atoms with Crippen LogP contribution in [-0.2, 0) is 11.2 Å². The molecule has 0 radical (unpaired) electrons. The minimum Gasteiger partial charge on any atom is -0.444 e. The SMILES string of the molecule is Cc1c(CCN)cnn1C1CCCN(C(=O)OC(C)(C)C)C1. The normalized spacial score (nSPS) is 19.3. The number of carbonyl (C=O) groups excluding carboxylic acids is 1. The van der Waals surface area contributed by atoms with Crippen LogP contribution in [0.3, 0.4) is 0 Å². The Morgan fingerprint density at radius 1 is 1.50 bits per heavy atom. The number of ether oxygens (including phenoxy) is 1. The lowest BCUT2D eigenvalue weighted by atomic mass is 10.1. The van der Waals surface area contributed by atoms with E-state index in [2.05, 4.69) is 12.0 Å². The second-order valence-corrected chi connectivity index (χ2v) is 6.96. The number of piperidine rings is 1. The van der Waals surface area contributed by atoms with Crippen molar-refractivity contribution in [3.63, 3.8) is 0 Å². The molecule has 6 nitrogen and oxygen atoms in total. The van der Waals surface area contributed by atoms with Gasteiger partial charge in [0.15, 0.2) is 0 Å². The van der Waals surface area contributed by atoms with Crippen LogP contribution in [0.5, 0.6) is 0 Å². The fourth-order valence-corrected chi connectivity index (χ4v) is 2.87. The zero-order chi connectivity index (χ0) is 16.3. The Morgan fingerprint density at radius 3 is 2.86 bits per heavy atom. The Bertz CT molecular complexity index is 519. The first kappa shape index (κ1) is 16.8. The molecule has 6 heteroatoms. The van der Waals surface area contributed by atoms with Crippen LogP contribution >= 0.6 is 0 Å². The fourth-order valence-electron chi connectivity index (χ4n) is 2.87. The molecule has 1 fully saturated rings. The molecule has 1 unspecified atom stereocenters. The Morgan fingerprint density at radius 2 is 2.23 bits per heavy atom. The Kier molecular flexibility index (Phi) is 5.11. The van der Waals surface area contributed by atoms with Crippen molar-refractivity contribution in [2.24, 2.45) is 5.73 Å². The van der Waals surface area contributed by atoms with Gasteiger partial charge in [-0.05, 0) is 59.1 Å². The van der Waals surface area contributed by atoms with E-state index in [1.807, 2.05) is 31.6 Å². The van der Waals surface area contributed by atoms with E-state index in [9.17, 15) is 4.79 Å². The number of nitrogens with two attached hydrogens (primary N) is 1. The number of amides is 1. The van der Waals surface area contributed by atoms with Crippen LogP contribution < -0.4 is 5.73 Å². The lowest BCUT2D eigenvalue weighted by molar-refractivity contribution is 0.0166. The van der Waals surface area contributed by atoms with E-state index in [1.165, 1.54) is 5.56 Å². The molecule has 2 rings (SSSR count). The summed E-state index contributed by atoms with van der Waals surface area (Å²) in [6.07, 6.45) is 4.51. The molecule has 0 spiro atoms. The lowest BCUT2D eigenvalue weighted by Gasteiger charge is -2.34. The highest BCUT2D eigenvalue weighted by atomic mass is 16.6. The van der Waals surface area contributed by atoms with Gasteiger partial charge in [0, 0.05) is 18.8 Å². The van der Waals surface area contributed by atoms with Gasteiger partial charge in [0.05, 0.1) is 12.2 Å². The molecule has 1 aromatic rings. The maximum Gasteiger partial charge on any atom is 0.410 e. The minimum atomic E-state index is -0.458. The van der Waals surface area contributed by atoms with E-state index >= 15 is 0 Å². The highest BCUT2D eigenvalue weighted by molar-refractivity contribution is 5.68. The molecule has 124 valence electrons. The van der Waals surface area contributed by atoms with Gasteiger partial charge < -0.3 is 15.4 Å². The van der Waals surface area contributed by atoms with Crippen LogP contribution in [0.4, 0.5) is 4.79 Å². The molecular formula is C16H28N4O2. The van der Waals surface area contributed by atoms with E-state index in [1.54, 1.807) is 4.90 Å². The second-order valence-electron chi connectivity index (χ2n) is 6.96. The fraction of sp³-hybridized carbons (Fsp3) is 0.750. The van der Waals surface area contributed by atoms with E-state index in [0.717, 1.165) is 31.5 Å². The van der Waals surface area contributed by atoms with E-state index < -0.39 is 5.60 Å². The van der Waals surface area contributed by atoms with Crippen molar-refractivity contribution < 1.29 is 9.53 Å². The smallest absolute Gasteiger partial charge is 0.410 e. The Hall–Kier alpha value is -1.56. The van der Waals surface area contributed by atoms with Gasteiger partial charge in [-0.3, -0.25) is 4.68 Å². The van der Waals surface area contributed by atoms with Crippen LogP contribution in [0.2, 0.25) is 0 Å². The monoisotopic (exact) mass is 308 g/mol. The quantitative estimate of drug-likeness (QED) is 0.929. The molecule has 0 aromatic carbocycles. The summed E-state index contributed by atoms with van der Waals surface area (Å²) in [4.78, 5) is 14.0. The number of likely N-dealkylation sites (tertiary alicyclic amines) is 1. The van der Waals surface area contributed by atoms with Crippen molar-refractivity contribution in [1.82, 2.24) is 14.7 Å². The van der Waals surface area contributed by atoms with Crippen LogP contribution in [-0.4, -0.2) is 46.0 Å². The van der Waals surface area contributed by atoms with Gasteiger partial charge in [0.25, 0.3) is 0 Å². The van der Waals surface area contributed by atoms with Gasteiger partial charge >= 0.3 is 6.09 Å². The summed E-state index contributed by atoms with van der Waals surface area (Å²) in [6, 6.07) is 0.216. The zero-order valence-corrected chi connectivity index (χ0v) is 14.1. The number of carbonyl (C=O) groups is 1. The Labute approximate surface area is 132 Å². The molecule has 1 amide bonds. The summed E-state index contributed by atoms with van der Waals surface area (Å²) in [7, 11) is 0. The van der Waals surface area contributed by atoms with Crippen molar-refractivity contribution in [2.45, 2.75) is 58.6 Å². The predicted molar refractivity (Wildman–Crippen MR) is 85.8 cm³/mol. The summed E-state index contributed by atoms with van der Waals surface area (Å²) in [5, 5.41) is 4.51. The molecule has 1 saturated heterocycles. The predicted octanol–water partition coefficient (Wildman–Crippen LogP) is 2.26. The third kappa shape index (κ3) is 4.00. The molecule has 2 heterocycles. The van der Waals surface area contributed by atoms with Gasteiger partial charge in [0.2, 0.25) is 0 Å². The summed E-state index contributed by atoms with van der Waals surface area (Å²) in [5.74, 6) is 0. The summed E-state index contributed by atoms with van der Waals surface area (Å²) >= 11 is 0. The van der Waals surface area contributed by atoms with Crippen LogP contribution in [0.25, 0.3) is 0 Å². The first-order chi connectivity index (χ1) is 10.3. The van der Waals surface area contributed by atoms with Crippen molar-refractivity contribution in [3.8, 4) is 0 Å². The zero-order valence-electron chi connectivity index (χ0n) is 14.1. The number of hydrogen-bond donors (Lipinski definition) is 1. The van der Waals surface area contributed by atoms with Gasteiger partial charge in [-0.1, -0.05) is 0 Å². The third-order valence-electron chi connectivity index (χ3n) is 3.95. The molecule has 0 saturated carbocycles. The van der Waals surface area contributed by atoms with Gasteiger partial charge in [-0.25, -0.2) is 4.79 Å². The third-order valence-corrected chi connectivity index (χ3v) is 3.95. The molecule has 2 N–H and O–H groups in total. The maximum absolute atomic E-state index is 12.2. The molecule has 22 heavy (non-hydrogen) atoms. The summed E-state index contributed by atoms with van der Waals surface area (Å²) in [5.41, 5.74) is 7.52. The second kappa shape index (κ2) is 6.69. The molecule has 1 atom stereocenters. The Balaban J connectivity index is 2.06. The summed E-state index contributed by atoms with van der Waals surface area (Å²) in [6.45, 7) is 9.78. The van der Waals surface area contributed by atoms with Crippen molar-refractivity contribution >= 4 is 6.09 Å². The molecule has 1 aromatic heterocycles. The van der Waals surface area contributed by atoms with Crippen molar-refractivity contribution in [3.05, 3.63) is 17.5 Å². The molecule has 0 aliphatic carbocycles. The van der Waals surface area contributed by atoms with Gasteiger partial charge in [0.1, 0.15) is 5.60 Å². The minimum absolute atomic E-state index is 0.216. The van der Waals surface area contributed by atoms with Gasteiger partial charge in [-0.15, -0.1) is 0 Å². The highest BCUT2D eigenvalue weighted by Gasteiger charge is 2.29. The first-order valence-electron chi connectivity index (χ1n) is 8.03. The largest absolute Gasteiger partial charge is 0.444 e. The summed E-state index contributed by atoms with van der Waals surface area (Å²) < 4.78 is 7.52. The van der Waals surface area contributed by atoms with Gasteiger partial charge in [-0.2, -0.15) is 5.10 Å². The molecular weight excluding hydrogens is 280 g/mol. The number of hydrogen-bond acceptors (Lipinski definition) is 4.